The number of aromatic nitrogens is 2. The Balaban J connectivity index is 2.78. The molecule has 0 saturated heterocycles. The quantitative estimate of drug-likeness (QED) is 0.782. The first-order chi connectivity index (χ1) is 6.52. The van der Waals surface area contributed by atoms with Crippen LogP contribution in [-0.4, -0.2) is 35.1 Å². The summed E-state index contributed by atoms with van der Waals surface area (Å²) in [7, 11) is 4.14. The van der Waals surface area contributed by atoms with Gasteiger partial charge in [0.1, 0.15) is 0 Å². The van der Waals surface area contributed by atoms with Crippen molar-refractivity contribution in [3.8, 4) is 0 Å². The molecule has 0 aromatic carbocycles. The Kier molecular flexibility index (Phi) is 3.66. The van der Waals surface area contributed by atoms with Crippen LogP contribution in [0.2, 0.25) is 0 Å². The first-order valence-electron chi connectivity index (χ1n) is 4.94. The number of hydrogen-bond donors (Lipinski definition) is 1. The Hall–Kier alpha value is -0.870. The lowest BCUT2D eigenvalue weighted by atomic mass is 10.2. The summed E-state index contributed by atoms with van der Waals surface area (Å²) in [6.07, 6.45) is 3.70. The highest BCUT2D eigenvalue weighted by atomic mass is 15.1. The summed E-state index contributed by atoms with van der Waals surface area (Å²) < 4.78 is 2.14. The van der Waals surface area contributed by atoms with E-state index in [1.807, 2.05) is 19.4 Å². The van der Waals surface area contributed by atoms with E-state index in [-0.39, 0.29) is 6.04 Å². The highest BCUT2D eigenvalue weighted by molar-refractivity contribution is 5.04. The van der Waals surface area contributed by atoms with Crippen molar-refractivity contribution in [3.63, 3.8) is 0 Å². The van der Waals surface area contributed by atoms with Crippen molar-refractivity contribution >= 4 is 0 Å². The zero-order valence-corrected chi connectivity index (χ0v) is 9.44. The van der Waals surface area contributed by atoms with Gasteiger partial charge in [0, 0.05) is 24.8 Å². The molecule has 1 aromatic heterocycles. The molecule has 1 aromatic rings. The van der Waals surface area contributed by atoms with Crippen molar-refractivity contribution in [2.75, 3.05) is 20.6 Å². The third kappa shape index (κ3) is 2.56. The zero-order chi connectivity index (χ0) is 10.7. The van der Waals surface area contributed by atoms with Crippen LogP contribution in [0.5, 0.6) is 0 Å². The predicted octanol–water partition coefficient (Wildman–Crippen LogP) is 1.03. The molecule has 2 unspecified atom stereocenters. The van der Waals surface area contributed by atoms with Gasteiger partial charge < -0.3 is 15.2 Å². The van der Waals surface area contributed by atoms with Gasteiger partial charge in [0.05, 0.1) is 12.0 Å². The third-order valence-electron chi connectivity index (χ3n) is 2.27. The lowest BCUT2D eigenvalue weighted by Crippen LogP contribution is -2.24. The lowest BCUT2D eigenvalue weighted by molar-refractivity contribution is 0.331. The number of nitrogens with two attached hydrogens (primary N) is 1. The maximum Gasteiger partial charge on any atom is 0.0951 e. The largest absolute Gasteiger partial charge is 0.329 e. The van der Waals surface area contributed by atoms with E-state index in [1.54, 1.807) is 0 Å². The van der Waals surface area contributed by atoms with E-state index in [0.29, 0.717) is 6.04 Å². The number of imidazole rings is 1. The van der Waals surface area contributed by atoms with Gasteiger partial charge in [0.25, 0.3) is 0 Å². The molecule has 0 aliphatic carbocycles. The maximum atomic E-state index is 5.85. The van der Waals surface area contributed by atoms with Crippen molar-refractivity contribution in [3.05, 3.63) is 18.2 Å². The van der Waals surface area contributed by atoms with Gasteiger partial charge >= 0.3 is 0 Å². The summed E-state index contributed by atoms with van der Waals surface area (Å²) in [5.41, 5.74) is 6.95. The molecule has 0 bridgehead atoms. The standard InChI is InChI=1S/C10H20N4/c1-8(6-13(3)4)14-7-12-5-10(14)9(2)11/h5,7-9H,6,11H2,1-4H3. The highest BCUT2D eigenvalue weighted by Crippen LogP contribution is 2.15. The van der Waals surface area contributed by atoms with Crippen LogP contribution in [-0.2, 0) is 0 Å². The fraction of sp³-hybridized carbons (Fsp3) is 0.700. The Morgan fingerprint density at radius 1 is 1.50 bits per heavy atom. The molecule has 1 heterocycles. The number of nitrogens with zero attached hydrogens (tertiary/aromatic N) is 3. The van der Waals surface area contributed by atoms with Crippen LogP contribution in [0.3, 0.4) is 0 Å². The van der Waals surface area contributed by atoms with Crippen LogP contribution < -0.4 is 5.73 Å². The predicted molar refractivity (Wildman–Crippen MR) is 58.1 cm³/mol. The molecule has 4 heteroatoms. The van der Waals surface area contributed by atoms with Crippen molar-refractivity contribution in [2.24, 2.45) is 5.73 Å². The average Bonchev–Trinajstić information content (AvgIpc) is 2.49. The van der Waals surface area contributed by atoms with E-state index in [9.17, 15) is 0 Å². The molecule has 0 aliphatic rings. The lowest BCUT2D eigenvalue weighted by Gasteiger charge is -2.21. The van der Waals surface area contributed by atoms with Crippen molar-refractivity contribution in [1.82, 2.24) is 14.5 Å². The second kappa shape index (κ2) is 4.57. The van der Waals surface area contributed by atoms with Gasteiger partial charge in [0.2, 0.25) is 0 Å². The summed E-state index contributed by atoms with van der Waals surface area (Å²) in [5.74, 6) is 0. The summed E-state index contributed by atoms with van der Waals surface area (Å²) in [4.78, 5) is 6.30. The summed E-state index contributed by atoms with van der Waals surface area (Å²) in [5, 5.41) is 0. The number of likely N-dealkylation sites (N-methyl/N-ethyl adjacent to an activating group) is 1. The van der Waals surface area contributed by atoms with Crippen molar-refractivity contribution in [1.29, 1.82) is 0 Å². The molecular formula is C10H20N4. The fourth-order valence-electron chi connectivity index (χ4n) is 1.65. The molecule has 0 amide bonds. The number of rotatable bonds is 4. The molecule has 80 valence electrons. The molecule has 0 saturated carbocycles. The molecule has 2 N–H and O–H groups in total. The monoisotopic (exact) mass is 196 g/mol. The Morgan fingerprint density at radius 2 is 2.14 bits per heavy atom. The van der Waals surface area contributed by atoms with Gasteiger partial charge in [-0.1, -0.05) is 0 Å². The molecule has 0 radical (unpaired) electrons. The third-order valence-corrected chi connectivity index (χ3v) is 2.27. The zero-order valence-electron chi connectivity index (χ0n) is 9.44. The SMILES string of the molecule is CC(N)c1cncn1C(C)CN(C)C. The van der Waals surface area contributed by atoms with Crippen LogP contribution >= 0.6 is 0 Å². The minimum absolute atomic E-state index is 0.0436. The maximum absolute atomic E-state index is 5.85. The molecule has 0 aliphatic heterocycles. The second-order valence-corrected chi connectivity index (χ2v) is 4.13. The first kappa shape index (κ1) is 11.2. The molecular weight excluding hydrogens is 176 g/mol. The van der Waals surface area contributed by atoms with E-state index >= 15 is 0 Å². The van der Waals surface area contributed by atoms with Crippen LogP contribution in [0.15, 0.2) is 12.5 Å². The topological polar surface area (TPSA) is 47.1 Å². The van der Waals surface area contributed by atoms with Crippen LogP contribution in [0, 0.1) is 0 Å². The van der Waals surface area contributed by atoms with Gasteiger partial charge in [-0.15, -0.1) is 0 Å². The van der Waals surface area contributed by atoms with Crippen LogP contribution in [0.1, 0.15) is 31.6 Å². The van der Waals surface area contributed by atoms with Crippen molar-refractivity contribution in [2.45, 2.75) is 25.9 Å². The van der Waals surface area contributed by atoms with E-state index < -0.39 is 0 Å². The Labute approximate surface area is 85.7 Å². The summed E-state index contributed by atoms with van der Waals surface area (Å²) in [6.45, 7) is 5.15. The van der Waals surface area contributed by atoms with E-state index in [0.717, 1.165) is 12.2 Å². The highest BCUT2D eigenvalue weighted by Gasteiger charge is 2.12. The van der Waals surface area contributed by atoms with E-state index in [1.165, 1.54) is 0 Å². The molecule has 2 atom stereocenters. The summed E-state index contributed by atoms with van der Waals surface area (Å²) in [6, 6.07) is 0.454. The Morgan fingerprint density at radius 3 is 2.64 bits per heavy atom. The summed E-state index contributed by atoms with van der Waals surface area (Å²) >= 11 is 0. The van der Waals surface area contributed by atoms with Gasteiger partial charge in [0.15, 0.2) is 0 Å². The molecule has 14 heavy (non-hydrogen) atoms. The first-order valence-corrected chi connectivity index (χ1v) is 4.94. The number of hydrogen-bond acceptors (Lipinski definition) is 3. The van der Waals surface area contributed by atoms with Gasteiger partial charge in [-0.2, -0.15) is 0 Å². The van der Waals surface area contributed by atoms with Gasteiger partial charge in [-0.25, -0.2) is 4.98 Å². The molecule has 1 rings (SSSR count). The minimum Gasteiger partial charge on any atom is -0.329 e. The van der Waals surface area contributed by atoms with Crippen LogP contribution in [0.4, 0.5) is 0 Å². The average molecular weight is 196 g/mol. The van der Waals surface area contributed by atoms with Gasteiger partial charge in [-0.05, 0) is 27.9 Å². The van der Waals surface area contributed by atoms with Gasteiger partial charge in [-0.3, -0.25) is 0 Å². The Bertz CT molecular complexity index is 277. The van der Waals surface area contributed by atoms with E-state index in [4.69, 9.17) is 5.73 Å². The fourth-order valence-corrected chi connectivity index (χ4v) is 1.65. The van der Waals surface area contributed by atoms with Crippen molar-refractivity contribution < 1.29 is 0 Å². The molecule has 4 nitrogen and oxygen atoms in total. The molecule has 0 spiro atoms. The van der Waals surface area contributed by atoms with Crippen LogP contribution in [0.25, 0.3) is 0 Å². The van der Waals surface area contributed by atoms with E-state index in [2.05, 4.69) is 35.5 Å². The minimum atomic E-state index is 0.0436. The normalized spacial score (nSPS) is 15.9. The second-order valence-electron chi connectivity index (χ2n) is 4.13. The molecule has 0 fully saturated rings. The smallest absolute Gasteiger partial charge is 0.0951 e.